The minimum absolute atomic E-state index is 0.857. The van der Waals surface area contributed by atoms with Crippen LogP contribution in [0.1, 0.15) is 17.4 Å². The Morgan fingerprint density at radius 1 is 1.33 bits per heavy atom. The molecule has 0 fully saturated rings. The SMILES string of the molecule is CCc1ccc(NCc2cccs2)nc1. The van der Waals surface area contributed by atoms with Crippen molar-refractivity contribution in [3.8, 4) is 0 Å². The van der Waals surface area contributed by atoms with Gasteiger partial charge >= 0.3 is 0 Å². The van der Waals surface area contributed by atoms with Crippen LogP contribution in [-0.4, -0.2) is 4.98 Å². The van der Waals surface area contributed by atoms with Crippen molar-refractivity contribution in [2.45, 2.75) is 19.9 Å². The van der Waals surface area contributed by atoms with E-state index in [-0.39, 0.29) is 0 Å². The van der Waals surface area contributed by atoms with E-state index in [1.807, 2.05) is 12.3 Å². The zero-order chi connectivity index (χ0) is 10.5. The predicted molar refractivity (Wildman–Crippen MR) is 65.3 cm³/mol. The summed E-state index contributed by atoms with van der Waals surface area (Å²) in [6.07, 6.45) is 2.97. The number of nitrogens with zero attached hydrogens (tertiary/aromatic N) is 1. The number of hydrogen-bond donors (Lipinski definition) is 1. The lowest BCUT2D eigenvalue weighted by Gasteiger charge is -2.04. The number of hydrogen-bond acceptors (Lipinski definition) is 3. The van der Waals surface area contributed by atoms with E-state index < -0.39 is 0 Å². The fourth-order valence-corrected chi connectivity index (χ4v) is 1.97. The van der Waals surface area contributed by atoms with Crippen molar-refractivity contribution in [3.63, 3.8) is 0 Å². The Labute approximate surface area is 94.0 Å². The summed E-state index contributed by atoms with van der Waals surface area (Å²) in [6.45, 7) is 2.99. The molecule has 2 rings (SSSR count). The highest BCUT2D eigenvalue weighted by Gasteiger charge is 1.95. The van der Waals surface area contributed by atoms with Crippen molar-refractivity contribution in [2.75, 3.05) is 5.32 Å². The molecule has 2 heterocycles. The van der Waals surface area contributed by atoms with Crippen molar-refractivity contribution in [1.29, 1.82) is 0 Å². The van der Waals surface area contributed by atoms with E-state index in [1.54, 1.807) is 11.3 Å². The Morgan fingerprint density at radius 2 is 2.27 bits per heavy atom. The number of thiophene rings is 1. The third-order valence-electron chi connectivity index (χ3n) is 2.26. The molecule has 0 saturated heterocycles. The lowest BCUT2D eigenvalue weighted by molar-refractivity contribution is 1.08. The van der Waals surface area contributed by atoms with Crippen LogP contribution in [0.15, 0.2) is 35.8 Å². The molecule has 2 aromatic heterocycles. The van der Waals surface area contributed by atoms with Crippen LogP contribution in [0.3, 0.4) is 0 Å². The molecular formula is C12H14N2S. The smallest absolute Gasteiger partial charge is 0.126 e. The van der Waals surface area contributed by atoms with Gasteiger partial charge in [-0.2, -0.15) is 0 Å². The fourth-order valence-electron chi connectivity index (χ4n) is 1.33. The molecule has 0 spiro atoms. The van der Waals surface area contributed by atoms with E-state index in [4.69, 9.17) is 0 Å². The number of nitrogens with one attached hydrogen (secondary N) is 1. The van der Waals surface area contributed by atoms with Gasteiger partial charge < -0.3 is 5.32 Å². The first-order valence-electron chi connectivity index (χ1n) is 5.09. The molecule has 3 heteroatoms. The highest BCUT2D eigenvalue weighted by Crippen LogP contribution is 2.11. The van der Waals surface area contributed by atoms with Gasteiger partial charge in [-0.15, -0.1) is 11.3 Å². The predicted octanol–water partition coefficient (Wildman–Crippen LogP) is 3.32. The molecule has 2 nitrogen and oxygen atoms in total. The largest absolute Gasteiger partial charge is 0.365 e. The molecule has 78 valence electrons. The van der Waals surface area contributed by atoms with E-state index in [0.717, 1.165) is 18.8 Å². The average molecular weight is 218 g/mol. The van der Waals surface area contributed by atoms with Gasteiger partial charge in [-0.05, 0) is 29.5 Å². The molecule has 1 N–H and O–H groups in total. The molecule has 0 aromatic carbocycles. The molecule has 0 radical (unpaired) electrons. The highest BCUT2D eigenvalue weighted by atomic mass is 32.1. The van der Waals surface area contributed by atoms with E-state index in [2.05, 4.69) is 40.8 Å². The first-order valence-corrected chi connectivity index (χ1v) is 5.97. The first kappa shape index (κ1) is 10.2. The number of rotatable bonds is 4. The average Bonchev–Trinajstić information content (AvgIpc) is 2.80. The molecule has 2 aromatic rings. The Balaban J connectivity index is 1.93. The van der Waals surface area contributed by atoms with Gasteiger partial charge in [0, 0.05) is 11.1 Å². The molecule has 0 unspecified atom stereocenters. The Bertz CT molecular complexity index is 392. The van der Waals surface area contributed by atoms with E-state index in [1.165, 1.54) is 10.4 Å². The molecule has 0 atom stereocenters. The molecule has 0 bridgehead atoms. The summed E-state index contributed by atoms with van der Waals surface area (Å²) < 4.78 is 0. The molecular weight excluding hydrogens is 204 g/mol. The summed E-state index contributed by atoms with van der Waals surface area (Å²) in [5, 5.41) is 5.39. The standard InChI is InChI=1S/C12H14N2S/c1-2-10-5-6-12(13-8-10)14-9-11-4-3-7-15-11/h3-8H,2,9H2,1H3,(H,13,14). The first-order chi connectivity index (χ1) is 7.38. The summed E-state index contributed by atoms with van der Waals surface area (Å²) in [4.78, 5) is 5.67. The van der Waals surface area contributed by atoms with Gasteiger partial charge in [0.25, 0.3) is 0 Å². The van der Waals surface area contributed by atoms with Crippen LogP contribution in [-0.2, 0) is 13.0 Å². The quantitative estimate of drug-likeness (QED) is 0.851. The minimum Gasteiger partial charge on any atom is -0.365 e. The monoisotopic (exact) mass is 218 g/mol. The van der Waals surface area contributed by atoms with Gasteiger partial charge in [0.1, 0.15) is 5.82 Å². The Hall–Kier alpha value is -1.35. The third kappa shape index (κ3) is 2.80. The molecule has 15 heavy (non-hydrogen) atoms. The second kappa shape index (κ2) is 4.94. The minimum atomic E-state index is 0.857. The van der Waals surface area contributed by atoms with Crippen LogP contribution in [0.25, 0.3) is 0 Å². The molecule has 0 aliphatic rings. The number of aryl methyl sites for hydroxylation is 1. The second-order valence-corrected chi connectivity index (χ2v) is 4.37. The van der Waals surface area contributed by atoms with Crippen LogP contribution < -0.4 is 5.32 Å². The number of anilines is 1. The maximum absolute atomic E-state index is 4.34. The van der Waals surface area contributed by atoms with Gasteiger partial charge in [-0.25, -0.2) is 4.98 Å². The lowest BCUT2D eigenvalue weighted by atomic mass is 10.2. The maximum Gasteiger partial charge on any atom is 0.126 e. The van der Waals surface area contributed by atoms with E-state index in [0.29, 0.717) is 0 Å². The fraction of sp³-hybridized carbons (Fsp3) is 0.250. The van der Waals surface area contributed by atoms with Gasteiger partial charge in [0.15, 0.2) is 0 Å². The van der Waals surface area contributed by atoms with Gasteiger partial charge in [0.05, 0.1) is 6.54 Å². The van der Waals surface area contributed by atoms with Crippen molar-refractivity contribution in [3.05, 3.63) is 46.3 Å². The Kier molecular flexibility index (Phi) is 3.35. The number of aromatic nitrogens is 1. The normalized spacial score (nSPS) is 10.2. The lowest BCUT2D eigenvalue weighted by Crippen LogP contribution is -1.99. The zero-order valence-electron chi connectivity index (χ0n) is 8.73. The van der Waals surface area contributed by atoms with Gasteiger partial charge in [-0.3, -0.25) is 0 Å². The Morgan fingerprint density at radius 3 is 2.87 bits per heavy atom. The molecule has 0 aliphatic carbocycles. The van der Waals surface area contributed by atoms with Crippen molar-refractivity contribution < 1.29 is 0 Å². The van der Waals surface area contributed by atoms with Gasteiger partial charge in [-0.1, -0.05) is 19.1 Å². The summed E-state index contributed by atoms with van der Waals surface area (Å²) in [7, 11) is 0. The summed E-state index contributed by atoms with van der Waals surface area (Å²) >= 11 is 1.76. The van der Waals surface area contributed by atoms with Crippen LogP contribution in [0, 0.1) is 0 Å². The van der Waals surface area contributed by atoms with Crippen LogP contribution in [0.2, 0.25) is 0 Å². The number of pyridine rings is 1. The topological polar surface area (TPSA) is 24.9 Å². The van der Waals surface area contributed by atoms with Crippen molar-refractivity contribution in [2.24, 2.45) is 0 Å². The van der Waals surface area contributed by atoms with Gasteiger partial charge in [0.2, 0.25) is 0 Å². The summed E-state index contributed by atoms with van der Waals surface area (Å²) in [5.41, 5.74) is 1.27. The molecule has 0 saturated carbocycles. The van der Waals surface area contributed by atoms with E-state index >= 15 is 0 Å². The zero-order valence-corrected chi connectivity index (χ0v) is 9.55. The molecule has 0 aliphatic heterocycles. The van der Waals surface area contributed by atoms with E-state index in [9.17, 15) is 0 Å². The maximum atomic E-state index is 4.34. The second-order valence-electron chi connectivity index (χ2n) is 3.34. The molecule has 0 amide bonds. The van der Waals surface area contributed by atoms with Crippen LogP contribution in [0.5, 0.6) is 0 Å². The van der Waals surface area contributed by atoms with Crippen molar-refractivity contribution >= 4 is 17.2 Å². The summed E-state index contributed by atoms with van der Waals surface area (Å²) in [6, 6.07) is 8.34. The van der Waals surface area contributed by atoms with Crippen molar-refractivity contribution in [1.82, 2.24) is 4.98 Å². The van der Waals surface area contributed by atoms with Crippen LogP contribution in [0.4, 0.5) is 5.82 Å². The highest BCUT2D eigenvalue weighted by molar-refractivity contribution is 7.09. The third-order valence-corrected chi connectivity index (χ3v) is 3.13. The summed E-state index contributed by atoms with van der Waals surface area (Å²) in [5.74, 6) is 0.945. The van der Waals surface area contributed by atoms with Crippen LogP contribution >= 0.6 is 11.3 Å².